The van der Waals surface area contributed by atoms with Crippen LogP contribution in [0.2, 0.25) is 0 Å². The number of hydrogen-bond acceptors (Lipinski definition) is 5. The highest BCUT2D eigenvalue weighted by molar-refractivity contribution is 5.77. The van der Waals surface area contributed by atoms with Crippen molar-refractivity contribution < 1.29 is 4.79 Å². The lowest BCUT2D eigenvalue weighted by Gasteiger charge is -2.25. The van der Waals surface area contributed by atoms with Crippen LogP contribution in [0.25, 0.3) is 0 Å². The van der Waals surface area contributed by atoms with E-state index >= 15 is 0 Å². The molecule has 1 fully saturated rings. The topological polar surface area (TPSA) is 62.2 Å². The van der Waals surface area contributed by atoms with E-state index in [9.17, 15) is 4.79 Å². The predicted octanol–water partition coefficient (Wildman–Crippen LogP) is 2.06. The molecule has 2 aromatic rings. The molecule has 126 valence electrons. The maximum atomic E-state index is 12.6. The monoisotopic (exact) mass is 325 g/mol. The Balaban J connectivity index is 1.53. The molecule has 0 aliphatic carbocycles. The summed E-state index contributed by atoms with van der Waals surface area (Å²) in [5.41, 5.74) is 2.05. The van der Waals surface area contributed by atoms with Gasteiger partial charge in [0.2, 0.25) is 5.91 Å². The first-order valence-electron chi connectivity index (χ1n) is 8.37. The molecular formula is C18H23N5O. The molecule has 0 spiro atoms. The summed E-state index contributed by atoms with van der Waals surface area (Å²) in [6, 6.07) is 4.06. The third-order valence-electron chi connectivity index (χ3n) is 4.38. The van der Waals surface area contributed by atoms with E-state index in [-0.39, 0.29) is 11.9 Å². The summed E-state index contributed by atoms with van der Waals surface area (Å²) in [5, 5.41) is 0. The standard InChI is InChI=1S/C18H23N5O/c1-22(14-15-4-2-7-19-12-15)11-6-18(24)23-10-3-5-17(23)16-13-20-8-9-21-16/h2,4,7-9,12-13,17H,3,5-6,10-11,14H2,1H3/t17-/m0/s1. The lowest BCUT2D eigenvalue weighted by molar-refractivity contribution is -0.132. The molecule has 1 aliphatic heterocycles. The SMILES string of the molecule is CN(CCC(=O)N1CCC[C@H]1c1cnccn1)Cc1cccnc1. The molecule has 0 aromatic carbocycles. The Hall–Kier alpha value is -2.34. The number of likely N-dealkylation sites (tertiary alicyclic amines) is 1. The fraction of sp³-hybridized carbons (Fsp3) is 0.444. The van der Waals surface area contributed by atoms with Crippen LogP contribution in [0.3, 0.4) is 0 Å². The minimum absolute atomic E-state index is 0.0785. The van der Waals surface area contributed by atoms with Gasteiger partial charge in [-0.2, -0.15) is 0 Å². The van der Waals surface area contributed by atoms with E-state index in [4.69, 9.17) is 0 Å². The second kappa shape index (κ2) is 7.97. The zero-order chi connectivity index (χ0) is 16.8. The summed E-state index contributed by atoms with van der Waals surface area (Å²) in [6.07, 6.45) is 11.3. The zero-order valence-electron chi connectivity index (χ0n) is 14.0. The number of carbonyl (C=O) groups excluding carboxylic acids is 1. The third-order valence-corrected chi connectivity index (χ3v) is 4.38. The number of hydrogen-bond donors (Lipinski definition) is 0. The normalized spacial score (nSPS) is 17.4. The van der Waals surface area contributed by atoms with Gasteiger partial charge < -0.3 is 9.80 Å². The van der Waals surface area contributed by atoms with Crippen LogP contribution in [0.15, 0.2) is 43.1 Å². The second-order valence-corrected chi connectivity index (χ2v) is 6.22. The zero-order valence-corrected chi connectivity index (χ0v) is 14.0. The fourth-order valence-electron chi connectivity index (χ4n) is 3.17. The van der Waals surface area contributed by atoms with Crippen LogP contribution in [-0.4, -0.2) is 50.8 Å². The Kier molecular flexibility index (Phi) is 5.48. The summed E-state index contributed by atoms with van der Waals surface area (Å²) in [5.74, 6) is 0.196. The molecule has 0 radical (unpaired) electrons. The maximum Gasteiger partial charge on any atom is 0.224 e. The Labute approximate surface area is 142 Å². The van der Waals surface area contributed by atoms with Crippen LogP contribution in [0.4, 0.5) is 0 Å². The summed E-state index contributed by atoms with van der Waals surface area (Å²) in [6.45, 7) is 2.35. The van der Waals surface area contributed by atoms with E-state index in [0.29, 0.717) is 6.42 Å². The summed E-state index contributed by atoms with van der Waals surface area (Å²) < 4.78 is 0. The Bertz CT molecular complexity index is 649. The van der Waals surface area contributed by atoms with Gasteiger partial charge in [0.25, 0.3) is 0 Å². The van der Waals surface area contributed by atoms with E-state index in [1.807, 2.05) is 24.2 Å². The Morgan fingerprint density at radius 3 is 2.92 bits per heavy atom. The molecule has 3 heterocycles. The molecule has 6 heteroatoms. The molecule has 0 N–H and O–H groups in total. The molecule has 0 unspecified atom stereocenters. The summed E-state index contributed by atoms with van der Waals surface area (Å²) >= 11 is 0. The molecule has 1 amide bonds. The molecule has 1 saturated heterocycles. The van der Waals surface area contributed by atoms with Crippen molar-refractivity contribution in [1.82, 2.24) is 24.8 Å². The lowest BCUT2D eigenvalue weighted by atomic mass is 10.1. The average molecular weight is 325 g/mol. The van der Waals surface area contributed by atoms with Crippen LogP contribution in [0, 0.1) is 0 Å². The van der Waals surface area contributed by atoms with Gasteiger partial charge in [0.05, 0.1) is 17.9 Å². The number of nitrogens with zero attached hydrogens (tertiary/aromatic N) is 5. The average Bonchev–Trinajstić information content (AvgIpc) is 3.11. The molecule has 24 heavy (non-hydrogen) atoms. The van der Waals surface area contributed by atoms with E-state index in [2.05, 4.69) is 25.9 Å². The number of carbonyl (C=O) groups is 1. The van der Waals surface area contributed by atoms with Crippen LogP contribution in [-0.2, 0) is 11.3 Å². The van der Waals surface area contributed by atoms with Gasteiger partial charge in [-0.1, -0.05) is 6.07 Å². The van der Waals surface area contributed by atoms with Gasteiger partial charge in [-0.05, 0) is 31.5 Å². The van der Waals surface area contributed by atoms with E-state index in [0.717, 1.165) is 43.7 Å². The number of aromatic nitrogens is 3. The van der Waals surface area contributed by atoms with Gasteiger partial charge >= 0.3 is 0 Å². The van der Waals surface area contributed by atoms with Crippen LogP contribution < -0.4 is 0 Å². The molecule has 1 atom stereocenters. The summed E-state index contributed by atoms with van der Waals surface area (Å²) in [7, 11) is 2.03. The van der Waals surface area contributed by atoms with Gasteiger partial charge in [0.1, 0.15) is 0 Å². The molecule has 2 aromatic heterocycles. The number of amides is 1. The van der Waals surface area contributed by atoms with Gasteiger partial charge in [-0.25, -0.2) is 0 Å². The highest BCUT2D eigenvalue weighted by Gasteiger charge is 2.30. The minimum Gasteiger partial charge on any atom is -0.334 e. The van der Waals surface area contributed by atoms with Crippen molar-refractivity contribution in [1.29, 1.82) is 0 Å². The van der Waals surface area contributed by atoms with E-state index < -0.39 is 0 Å². The van der Waals surface area contributed by atoms with Crippen LogP contribution in [0.1, 0.15) is 36.6 Å². The van der Waals surface area contributed by atoms with Gasteiger partial charge in [-0.15, -0.1) is 0 Å². The molecule has 6 nitrogen and oxygen atoms in total. The predicted molar refractivity (Wildman–Crippen MR) is 90.9 cm³/mol. The van der Waals surface area contributed by atoms with Gasteiger partial charge in [0, 0.05) is 50.8 Å². The van der Waals surface area contributed by atoms with Crippen molar-refractivity contribution in [3.8, 4) is 0 Å². The molecule has 0 bridgehead atoms. The Morgan fingerprint density at radius 1 is 1.29 bits per heavy atom. The highest BCUT2D eigenvalue weighted by Crippen LogP contribution is 2.30. The van der Waals surface area contributed by atoms with Crippen molar-refractivity contribution in [2.24, 2.45) is 0 Å². The first-order valence-corrected chi connectivity index (χ1v) is 8.37. The molecular weight excluding hydrogens is 302 g/mol. The van der Waals surface area contributed by atoms with Crippen molar-refractivity contribution >= 4 is 5.91 Å². The molecule has 0 saturated carbocycles. The van der Waals surface area contributed by atoms with Gasteiger partial charge in [0.15, 0.2) is 0 Å². The lowest BCUT2D eigenvalue weighted by Crippen LogP contribution is -2.33. The summed E-state index contributed by atoms with van der Waals surface area (Å²) in [4.78, 5) is 29.4. The van der Waals surface area contributed by atoms with Crippen LogP contribution in [0.5, 0.6) is 0 Å². The van der Waals surface area contributed by atoms with Crippen molar-refractivity contribution in [3.05, 3.63) is 54.4 Å². The third kappa shape index (κ3) is 4.14. The first-order chi connectivity index (χ1) is 11.7. The second-order valence-electron chi connectivity index (χ2n) is 6.22. The van der Waals surface area contributed by atoms with Crippen molar-refractivity contribution in [2.75, 3.05) is 20.1 Å². The Morgan fingerprint density at radius 2 is 2.17 bits per heavy atom. The highest BCUT2D eigenvalue weighted by atomic mass is 16.2. The molecule has 3 rings (SSSR count). The number of pyridine rings is 1. The number of rotatable bonds is 6. The minimum atomic E-state index is 0.0785. The van der Waals surface area contributed by atoms with E-state index in [1.54, 1.807) is 24.8 Å². The van der Waals surface area contributed by atoms with E-state index in [1.165, 1.54) is 0 Å². The molecule has 1 aliphatic rings. The van der Waals surface area contributed by atoms with Gasteiger partial charge in [-0.3, -0.25) is 19.7 Å². The fourth-order valence-corrected chi connectivity index (χ4v) is 3.17. The van der Waals surface area contributed by atoms with Crippen molar-refractivity contribution in [3.63, 3.8) is 0 Å². The largest absolute Gasteiger partial charge is 0.334 e. The van der Waals surface area contributed by atoms with Crippen LogP contribution >= 0.6 is 0 Å². The smallest absolute Gasteiger partial charge is 0.224 e. The van der Waals surface area contributed by atoms with Crippen molar-refractivity contribution in [2.45, 2.75) is 31.8 Å². The quantitative estimate of drug-likeness (QED) is 0.813. The first kappa shape index (κ1) is 16.5. The maximum absolute atomic E-state index is 12.6.